The Bertz CT molecular complexity index is 576. The van der Waals surface area contributed by atoms with Crippen LogP contribution in [-0.2, 0) is 9.59 Å². The Balaban J connectivity index is 2.10. The van der Waals surface area contributed by atoms with Gasteiger partial charge in [-0.15, -0.1) is 0 Å². The second kappa shape index (κ2) is 8.24. The summed E-state index contributed by atoms with van der Waals surface area (Å²) in [7, 11) is 1.67. The number of amides is 2. The van der Waals surface area contributed by atoms with E-state index in [9.17, 15) is 14.0 Å². The van der Waals surface area contributed by atoms with Gasteiger partial charge in [0.15, 0.2) is 0 Å². The van der Waals surface area contributed by atoms with Crippen molar-refractivity contribution in [2.75, 3.05) is 20.2 Å². The van der Waals surface area contributed by atoms with Crippen molar-refractivity contribution < 1.29 is 19.1 Å². The van der Waals surface area contributed by atoms with E-state index in [4.69, 9.17) is 5.11 Å². The third-order valence-electron chi connectivity index (χ3n) is 4.81. The molecule has 1 aromatic carbocycles. The fourth-order valence-corrected chi connectivity index (χ4v) is 3.23. The largest absolute Gasteiger partial charge is 0.396 e. The maximum absolute atomic E-state index is 13.1. The zero-order valence-corrected chi connectivity index (χ0v) is 14.2. The smallest absolute Gasteiger partial charge is 0.226 e. The predicted molar refractivity (Wildman–Crippen MR) is 88.5 cm³/mol. The number of rotatable bonds is 7. The highest BCUT2D eigenvalue weighted by Gasteiger charge is 2.42. The fourth-order valence-electron chi connectivity index (χ4n) is 3.23. The molecule has 0 radical (unpaired) electrons. The van der Waals surface area contributed by atoms with Gasteiger partial charge in [0.2, 0.25) is 11.8 Å². The molecule has 2 N–H and O–H groups in total. The number of aliphatic hydroxyl groups excluding tert-OH is 1. The first-order valence-electron chi connectivity index (χ1n) is 8.37. The van der Waals surface area contributed by atoms with Crippen LogP contribution in [0.4, 0.5) is 4.39 Å². The SMILES string of the molecule is CCC(CCO)CNC(=O)C1CC(=O)N(C)C1c1ccc(F)cc1. The van der Waals surface area contributed by atoms with Crippen molar-refractivity contribution in [1.29, 1.82) is 0 Å². The number of carbonyl (C=O) groups excluding carboxylic acids is 2. The highest BCUT2D eigenvalue weighted by molar-refractivity contribution is 5.90. The van der Waals surface area contributed by atoms with Gasteiger partial charge in [-0.2, -0.15) is 0 Å². The van der Waals surface area contributed by atoms with Crippen LogP contribution in [0.1, 0.15) is 37.8 Å². The van der Waals surface area contributed by atoms with Gasteiger partial charge in [-0.25, -0.2) is 4.39 Å². The van der Waals surface area contributed by atoms with E-state index in [2.05, 4.69) is 5.32 Å². The van der Waals surface area contributed by atoms with E-state index in [-0.39, 0.29) is 42.6 Å². The number of benzene rings is 1. The summed E-state index contributed by atoms with van der Waals surface area (Å²) in [5, 5.41) is 11.9. The normalized spacial score (nSPS) is 21.8. The van der Waals surface area contributed by atoms with Crippen molar-refractivity contribution >= 4 is 11.8 Å². The van der Waals surface area contributed by atoms with E-state index in [0.29, 0.717) is 13.0 Å². The van der Waals surface area contributed by atoms with Crippen LogP contribution in [0.15, 0.2) is 24.3 Å². The molecule has 2 rings (SSSR count). The first-order chi connectivity index (χ1) is 11.5. The number of hydrogen-bond acceptors (Lipinski definition) is 3. The maximum Gasteiger partial charge on any atom is 0.226 e. The molecule has 0 spiro atoms. The average Bonchev–Trinajstić information content (AvgIpc) is 2.87. The first kappa shape index (κ1) is 18.4. The van der Waals surface area contributed by atoms with E-state index in [1.807, 2.05) is 6.92 Å². The molecule has 0 aromatic heterocycles. The minimum atomic E-state index is -0.486. The highest BCUT2D eigenvalue weighted by Crippen LogP contribution is 2.37. The molecule has 6 heteroatoms. The number of halogens is 1. The lowest BCUT2D eigenvalue weighted by atomic mass is 9.92. The third kappa shape index (κ3) is 4.12. The van der Waals surface area contributed by atoms with Gasteiger partial charge >= 0.3 is 0 Å². The van der Waals surface area contributed by atoms with Crippen LogP contribution in [0.5, 0.6) is 0 Å². The summed E-state index contributed by atoms with van der Waals surface area (Å²) < 4.78 is 13.1. The summed E-state index contributed by atoms with van der Waals surface area (Å²) in [4.78, 5) is 26.2. The average molecular weight is 336 g/mol. The molecule has 1 fully saturated rings. The van der Waals surface area contributed by atoms with Gasteiger partial charge in [0.25, 0.3) is 0 Å². The second-order valence-electron chi connectivity index (χ2n) is 6.34. The molecule has 1 aromatic rings. The van der Waals surface area contributed by atoms with Gasteiger partial charge in [0.05, 0.1) is 12.0 Å². The predicted octanol–water partition coefficient (Wildman–Crippen LogP) is 1.87. The summed E-state index contributed by atoms with van der Waals surface area (Å²) in [5.41, 5.74) is 0.757. The van der Waals surface area contributed by atoms with Gasteiger partial charge < -0.3 is 15.3 Å². The van der Waals surface area contributed by atoms with E-state index < -0.39 is 5.92 Å². The standard InChI is InChI=1S/C18H25FN2O3/c1-3-12(8-9-22)11-20-18(24)15-10-16(23)21(2)17(15)13-4-6-14(19)7-5-13/h4-7,12,15,17,22H,3,8-11H2,1-2H3,(H,20,24). The Morgan fingerprint density at radius 2 is 2.08 bits per heavy atom. The summed E-state index contributed by atoms with van der Waals surface area (Å²) in [5.74, 6) is -0.871. The molecule has 0 saturated carbocycles. The molecular formula is C18H25FN2O3. The summed E-state index contributed by atoms with van der Waals surface area (Å²) in [6, 6.07) is 5.55. The lowest BCUT2D eigenvalue weighted by Crippen LogP contribution is -2.37. The van der Waals surface area contributed by atoms with Crippen LogP contribution in [0.2, 0.25) is 0 Å². The Morgan fingerprint density at radius 1 is 1.42 bits per heavy atom. The van der Waals surface area contributed by atoms with Gasteiger partial charge in [-0.1, -0.05) is 25.5 Å². The number of likely N-dealkylation sites (tertiary alicyclic amines) is 1. The molecule has 1 heterocycles. The number of nitrogens with zero attached hydrogens (tertiary/aromatic N) is 1. The molecule has 3 atom stereocenters. The van der Waals surface area contributed by atoms with Crippen LogP contribution in [-0.4, -0.2) is 42.0 Å². The molecule has 1 aliphatic heterocycles. The van der Waals surface area contributed by atoms with Crippen LogP contribution in [0, 0.1) is 17.7 Å². The lowest BCUT2D eigenvalue weighted by molar-refractivity contribution is -0.128. The van der Waals surface area contributed by atoms with E-state index in [1.54, 1.807) is 24.1 Å². The molecule has 1 saturated heterocycles. The fraction of sp³-hybridized carbons (Fsp3) is 0.556. The van der Waals surface area contributed by atoms with Crippen molar-refractivity contribution in [3.63, 3.8) is 0 Å². The maximum atomic E-state index is 13.1. The summed E-state index contributed by atoms with van der Waals surface area (Å²) in [6.07, 6.45) is 1.66. The van der Waals surface area contributed by atoms with E-state index in [1.165, 1.54) is 12.1 Å². The summed E-state index contributed by atoms with van der Waals surface area (Å²) >= 11 is 0. The van der Waals surface area contributed by atoms with Crippen LogP contribution in [0.3, 0.4) is 0 Å². The molecule has 5 nitrogen and oxygen atoms in total. The number of aliphatic hydroxyl groups is 1. The van der Waals surface area contributed by atoms with Crippen molar-refractivity contribution in [3.05, 3.63) is 35.6 Å². The minimum absolute atomic E-state index is 0.0909. The number of carbonyl (C=O) groups is 2. The van der Waals surface area contributed by atoms with Crippen LogP contribution >= 0.6 is 0 Å². The van der Waals surface area contributed by atoms with Crippen molar-refractivity contribution in [2.45, 2.75) is 32.2 Å². The molecule has 132 valence electrons. The molecule has 24 heavy (non-hydrogen) atoms. The zero-order chi connectivity index (χ0) is 17.7. The van der Waals surface area contributed by atoms with Crippen molar-refractivity contribution in [2.24, 2.45) is 11.8 Å². The van der Waals surface area contributed by atoms with Crippen LogP contribution < -0.4 is 5.32 Å². The molecule has 3 unspecified atom stereocenters. The third-order valence-corrected chi connectivity index (χ3v) is 4.81. The molecule has 2 amide bonds. The second-order valence-corrected chi connectivity index (χ2v) is 6.34. The first-order valence-corrected chi connectivity index (χ1v) is 8.37. The lowest BCUT2D eigenvalue weighted by Gasteiger charge is -2.25. The Morgan fingerprint density at radius 3 is 2.67 bits per heavy atom. The van der Waals surface area contributed by atoms with Gasteiger partial charge in [0.1, 0.15) is 5.82 Å². The zero-order valence-electron chi connectivity index (χ0n) is 14.2. The monoisotopic (exact) mass is 336 g/mol. The van der Waals surface area contributed by atoms with Gasteiger partial charge in [-0.05, 0) is 30.0 Å². The Hall–Kier alpha value is -1.95. The minimum Gasteiger partial charge on any atom is -0.396 e. The topological polar surface area (TPSA) is 69.6 Å². The molecule has 0 aliphatic carbocycles. The Labute approximate surface area is 141 Å². The van der Waals surface area contributed by atoms with Crippen molar-refractivity contribution in [3.8, 4) is 0 Å². The number of hydrogen-bond donors (Lipinski definition) is 2. The molecule has 1 aliphatic rings. The van der Waals surface area contributed by atoms with E-state index in [0.717, 1.165) is 12.0 Å². The molecule has 0 bridgehead atoms. The summed E-state index contributed by atoms with van der Waals surface area (Å²) in [6.45, 7) is 2.60. The quantitative estimate of drug-likeness (QED) is 0.799. The number of nitrogens with one attached hydrogen (secondary N) is 1. The van der Waals surface area contributed by atoms with Crippen molar-refractivity contribution in [1.82, 2.24) is 10.2 Å². The van der Waals surface area contributed by atoms with Crippen LogP contribution in [0.25, 0.3) is 0 Å². The highest BCUT2D eigenvalue weighted by atomic mass is 19.1. The molecular weight excluding hydrogens is 311 g/mol. The Kier molecular flexibility index (Phi) is 6.31. The van der Waals surface area contributed by atoms with Gasteiger partial charge in [-0.3, -0.25) is 9.59 Å². The van der Waals surface area contributed by atoms with E-state index >= 15 is 0 Å². The van der Waals surface area contributed by atoms with Gasteiger partial charge in [0, 0.05) is 26.6 Å².